The summed E-state index contributed by atoms with van der Waals surface area (Å²) in [5.41, 5.74) is 6.56. The van der Waals surface area contributed by atoms with E-state index in [1.165, 1.54) is 0 Å². The second-order valence-electron chi connectivity index (χ2n) is 5.58. The molecule has 0 amide bonds. The van der Waals surface area contributed by atoms with E-state index in [0.717, 1.165) is 18.8 Å². The zero-order chi connectivity index (χ0) is 14.9. The summed E-state index contributed by atoms with van der Waals surface area (Å²) in [6.07, 6.45) is 1.71. The number of hydrogen-bond donors (Lipinski definition) is 1. The number of sulfonamides is 1. The van der Waals surface area contributed by atoms with E-state index < -0.39 is 10.0 Å². The minimum Gasteiger partial charge on any atom is -0.346 e. The summed E-state index contributed by atoms with van der Waals surface area (Å²) in [5.74, 6) is 0. The molecule has 7 heteroatoms. The van der Waals surface area contributed by atoms with Crippen LogP contribution in [0.15, 0.2) is 17.2 Å². The first-order valence-corrected chi connectivity index (χ1v) is 8.39. The second-order valence-corrected chi connectivity index (χ2v) is 7.52. The van der Waals surface area contributed by atoms with Gasteiger partial charge < -0.3 is 15.2 Å². The van der Waals surface area contributed by atoms with Crippen LogP contribution in [0.1, 0.15) is 25.6 Å². The Bertz CT molecular complexity index is 557. The van der Waals surface area contributed by atoms with Crippen molar-refractivity contribution < 1.29 is 8.42 Å². The summed E-state index contributed by atoms with van der Waals surface area (Å²) in [7, 11) is -1.39. The maximum absolute atomic E-state index is 12.7. The van der Waals surface area contributed by atoms with Crippen LogP contribution in [0.4, 0.5) is 0 Å². The molecule has 2 heterocycles. The Labute approximate surface area is 121 Å². The minimum atomic E-state index is -3.40. The van der Waals surface area contributed by atoms with Gasteiger partial charge in [0.1, 0.15) is 4.90 Å². The molecule has 2 N–H and O–H groups in total. The first-order chi connectivity index (χ1) is 9.36. The largest absolute Gasteiger partial charge is 0.346 e. The zero-order valence-corrected chi connectivity index (χ0v) is 13.2. The maximum Gasteiger partial charge on any atom is 0.244 e. The molecule has 6 nitrogen and oxygen atoms in total. The quantitative estimate of drug-likeness (QED) is 0.877. The number of piperazine rings is 1. The van der Waals surface area contributed by atoms with Crippen LogP contribution in [0.3, 0.4) is 0 Å². The molecule has 20 heavy (non-hydrogen) atoms. The van der Waals surface area contributed by atoms with Gasteiger partial charge in [0.05, 0.1) is 0 Å². The lowest BCUT2D eigenvalue weighted by Gasteiger charge is -2.31. The van der Waals surface area contributed by atoms with Crippen molar-refractivity contribution in [1.29, 1.82) is 0 Å². The Balaban J connectivity index is 2.30. The standard InChI is InChI=1S/C13H24N4O2S/c1-11(2)17-10-13(8-12(17)9-14)20(18,19)16-6-4-15(3)5-7-16/h8,10-11H,4-7,9,14H2,1-3H3. The van der Waals surface area contributed by atoms with E-state index in [-0.39, 0.29) is 6.04 Å². The van der Waals surface area contributed by atoms with Crippen LogP contribution >= 0.6 is 0 Å². The molecular formula is C13H24N4O2S. The third-order valence-corrected chi connectivity index (χ3v) is 5.64. The van der Waals surface area contributed by atoms with Crippen molar-refractivity contribution in [2.45, 2.75) is 31.3 Å². The molecule has 0 aliphatic carbocycles. The van der Waals surface area contributed by atoms with E-state index in [2.05, 4.69) is 4.90 Å². The van der Waals surface area contributed by atoms with Crippen LogP contribution < -0.4 is 5.73 Å². The first-order valence-electron chi connectivity index (χ1n) is 6.95. The van der Waals surface area contributed by atoms with E-state index >= 15 is 0 Å². The molecule has 0 aromatic carbocycles. The van der Waals surface area contributed by atoms with Crippen LogP contribution in [0, 0.1) is 0 Å². The summed E-state index contributed by atoms with van der Waals surface area (Å²) < 4.78 is 28.8. The van der Waals surface area contributed by atoms with Crippen molar-refractivity contribution in [3.63, 3.8) is 0 Å². The molecule has 1 fully saturated rings. The van der Waals surface area contributed by atoms with Gasteiger partial charge in [0.15, 0.2) is 0 Å². The Kier molecular flexibility index (Phi) is 4.53. The third-order valence-electron chi connectivity index (χ3n) is 3.77. The van der Waals surface area contributed by atoms with Crippen LogP contribution in [-0.4, -0.2) is 55.4 Å². The number of hydrogen-bond acceptors (Lipinski definition) is 4. The van der Waals surface area contributed by atoms with Crippen molar-refractivity contribution in [3.05, 3.63) is 18.0 Å². The van der Waals surface area contributed by atoms with Crippen molar-refractivity contribution in [2.75, 3.05) is 33.2 Å². The molecule has 1 aromatic heterocycles. The minimum absolute atomic E-state index is 0.199. The molecule has 0 atom stereocenters. The first kappa shape index (κ1) is 15.5. The summed E-state index contributed by atoms with van der Waals surface area (Å²) in [6, 6.07) is 1.90. The van der Waals surface area contributed by atoms with Crippen molar-refractivity contribution in [3.8, 4) is 0 Å². The molecule has 0 spiro atoms. The highest BCUT2D eigenvalue weighted by Gasteiger charge is 2.29. The summed E-state index contributed by atoms with van der Waals surface area (Å²) in [5, 5.41) is 0. The van der Waals surface area contributed by atoms with E-state index in [4.69, 9.17) is 5.73 Å². The third kappa shape index (κ3) is 2.90. The maximum atomic E-state index is 12.7. The monoisotopic (exact) mass is 300 g/mol. The summed E-state index contributed by atoms with van der Waals surface area (Å²) in [6.45, 7) is 7.02. The van der Waals surface area contributed by atoms with Gasteiger partial charge in [-0.15, -0.1) is 0 Å². The molecular weight excluding hydrogens is 276 g/mol. The molecule has 1 aliphatic rings. The Morgan fingerprint density at radius 1 is 1.25 bits per heavy atom. The zero-order valence-electron chi connectivity index (χ0n) is 12.4. The lowest BCUT2D eigenvalue weighted by Crippen LogP contribution is -2.46. The highest BCUT2D eigenvalue weighted by molar-refractivity contribution is 7.89. The van der Waals surface area contributed by atoms with E-state index in [1.54, 1.807) is 16.6 Å². The van der Waals surface area contributed by atoms with Crippen LogP contribution in [0.2, 0.25) is 0 Å². The molecule has 0 bridgehead atoms. The van der Waals surface area contributed by atoms with Gasteiger partial charge in [-0.2, -0.15) is 4.31 Å². The summed E-state index contributed by atoms with van der Waals surface area (Å²) >= 11 is 0. The second kappa shape index (κ2) is 5.85. The number of nitrogens with zero attached hydrogens (tertiary/aromatic N) is 3. The van der Waals surface area contributed by atoms with E-state index in [1.807, 2.05) is 25.5 Å². The highest BCUT2D eigenvalue weighted by Crippen LogP contribution is 2.22. The topological polar surface area (TPSA) is 71.6 Å². The van der Waals surface area contributed by atoms with E-state index in [9.17, 15) is 8.42 Å². The Morgan fingerprint density at radius 2 is 1.85 bits per heavy atom. The molecule has 2 rings (SSSR count). The van der Waals surface area contributed by atoms with Crippen LogP contribution in [0.25, 0.3) is 0 Å². The Morgan fingerprint density at radius 3 is 2.30 bits per heavy atom. The SMILES string of the molecule is CC(C)n1cc(S(=O)(=O)N2CCN(C)CC2)cc1CN. The molecule has 0 radical (unpaired) electrons. The van der Waals surface area contributed by atoms with Gasteiger partial charge in [-0.1, -0.05) is 0 Å². The van der Waals surface area contributed by atoms with Gasteiger partial charge in [-0.25, -0.2) is 8.42 Å². The molecule has 1 aromatic rings. The molecule has 1 aliphatic heterocycles. The van der Waals surface area contributed by atoms with Gasteiger partial charge >= 0.3 is 0 Å². The van der Waals surface area contributed by atoms with Gasteiger partial charge in [-0.05, 0) is 27.0 Å². The number of likely N-dealkylation sites (N-methyl/N-ethyl adjacent to an activating group) is 1. The predicted molar refractivity (Wildman–Crippen MR) is 79.0 cm³/mol. The molecule has 0 unspecified atom stereocenters. The van der Waals surface area contributed by atoms with Crippen molar-refractivity contribution in [1.82, 2.24) is 13.8 Å². The predicted octanol–water partition coefficient (Wildman–Crippen LogP) is 0.464. The lowest BCUT2D eigenvalue weighted by molar-refractivity contribution is 0.222. The van der Waals surface area contributed by atoms with Crippen LogP contribution in [0.5, 0.6) is 0 Å². The van der Waals surface area contributed by atoms with Gasteiger partial charge in [-0.3, -0.25) is 0 Å². The van der Waals surface area contributed by atoms with Gasteiger partial charge in [0.2, 0.25) is 10.0 Å². The number of rotatable bonds is 4. The molecule has 0 saturated carbocycles. The van der Waals surface area contributed by atoms with Crippen LogP contribution in [-0.2, 0) is 16.6 Å². The highest BCUT2D eigenvalue weighted by atomic mass is 32.2. The molecule has 114 valence electrons. The molecule has 1 saturated heterocycles. The fraction of sp³-hybridized carbons (Fsp3) is 0.692. The smallest absolute Gasteiger partial charge is 0.244 e. The van der Waals surface area contributed by atoms with Crippen molar-refractivity contribution in [2.24, 2.45) is 5.73 Å². The fourth-order valence-electron chi connectivity index (χ4n) is 2.46. The van der Waals surface area contributed by atoms with E-state index in [0.29, 0.717) is 24.5 Å². The average molecular weight is 300 g/mol. The average Bonchev–Trinajstić information content (AvgIpc) is 2.84. The number of nitrogens with two attached hydrogens (primary N) is 1. The normalized spacial score (nSPS) is 18.9. The fourth-order valence-corrected chi connectivity index (χ4v) is 3.93. The summed E-state index contributed by atoms with van der Waals surface area (Å²) in [4.78, 5) is 2.49. The Hall–Kier alpha value is -0.890. The van der Waals surface area contributed by atoms with Gasteiger partial charge in [0.25, 0.3) is 0 Å². The van der Waals surface area contributed by atoms with Gasteiger partial charge in [0, 0.05) is 50.7 Å². The lowest BCUT2D eigenvalue weighted by atomic mass is 10.3. The number of aromatic nitrogens is 1. The van der Waals surface area contributed by atoms with Crippen molar-refractivity contribution >= 4 is 10.0 Å².